The van der Waals surface area contributed by atoms with Gasteiger partial charge in [0.25, 0.3) is 0 Å². The van der Waals surface area contributed by atoms with Gasteiger partial charge in [0.05, 0.1) is 7.11 Å². The van der Waals surface area contributed by atoms with Crippen LogP contribution in [0.5, 0.6) is 5.75 Å². The highest BCUT2D eigenvalue weighted by Crippen LogP contribution is 2.57. The Bertz CT molecular complexity index is 730. The third kappa shape index (κ3) is 2.57. The topological polar surface area (TPSA) is 52.6 Å². The van der Waals surface area contributed by atoms with Gasteiger partial charge in [0.1, 0.15) is 17.3 Å². The summed E-state index contributed by atoms with van der Waals surface area (Å²) in [6, 6.07) is 5.50. The summed E-state index contributed by atoms with van der Waals surface area (Å²) in [7, 11) is 1.62. The van der Waals surface area contributed by atoms with Crippen molar-refractivity contribution in [3.63, 3.8) is 0 Å². The van der Waals surface area contributed by atoms with E-state index in [9.17, 15) is 9.59 Å². The minimum Gasteiger partial charge on any atom is -0.497 e. The molecule has 4 saturated carbocycles. The second-order valence-corrected chi connectivity index (χ2v) is 9.00. The van der Waals surface area contributed by atoms with Crippen molar-refractivity contribution < 1.29 is 19.1 Å². The molecule has 0 aromatic heterocycles. The minimum atomic E-state index is -0.635. The van der Waals surface area contributed by atoms with E-state index in [-0.39, 0.29) is 17.4 Å². The minimum absolute atomic E-state index is 0.0800. The normalized spacial score (nSPS) is 37.3. The molecule has 4 heteroatoms. The SMILES string of the molecule is COc1ccc2c(c1)CCC(C(=O)OC13CC4CC(CC(C4)C1)C3)C2=O. The number of Topliss-reactive ketones (excluding diaryl/α,β-unsaturated/α-hetero) is 1. The summed E-state index contributed by atoms with van der Waals surface area (Å²) in [6.07, 6.45) is 8.25. The molecule has 1 atom stereocenters. The number of ether oxygens (including phenoxy) is 2. The van der Waals surface area contributed by atoms with Crippen LogP contribution in [0.4, 0.5) is 0 Å². The van der Waals surface area contributed by atoms with Crippen molar-refractivity contribution in [1.82, 2.24) is 0 Å². The predicted octanol–water partition coefficient (Wildman–Crippen LogP) is 3.95. The lowest BCUT2D eigenvalue weighted by atomic mass is 9.54. The molecule has 0 saturated heterocycles. The highest BCUT2D eigenvalue weighted by atomic mass is 16.6. The Morgan fingerprint density at radius 1 is 1.08 bits per heavy atom. The van der Waals surface area contributed by atoms with Gasteiger partial charge in [-0.3, -0.25) is 9.59 Å². The molecular weight excluding hydrogens is 328 g/mol. The summed E-state index contributed by atoms with van der Waals surface area (Å²) in [5.41, 5.74) is 1.37. The van der Waals surface area contributed by atoms with Crippen LogP contribution in [0.1, 0.15) is 60.9 Å². The number of hydrogen-bond acceptors (Lipinski definition) is 4. The molecule has 0 N–H and O–H groups in total. The third-order valence-corrected chi connectivity index (χ3v) is 7.18. The highest BCUT2D eigenvalue weighted by Gasteiger charge is 2.54. The lowest BCUT2D eigenvalue weighted by Crippen LogP contribution is -2.53. The van der Waals surface area contributed by atoms with E-state index in [0.29, 0.717) is 12.0 Å². The average Bonchev–Trinajstić information content (AvgIpc) is 2.60. The van der Waals surface area contributed by atoms with Crippen LogP contribution in [0.15, 0.2) is 18.2 Å². The van der Waals surface area contributed by atoms with Crippen LogP contribution in [-0.4, -0.2) is 24.5 Å². The fraction of sp³-hybridized carbons (Fsp3) is 0.636. The van der Waals surface area contributed by atoms with E-state index in [0.717, 1.165) is 54.7 Å². The number of methoxy groups -OCH3 is 1. The van der Waals surface area contributed by atoms with E-state index in [2.05, 4.69) is 0 Å². The van der Waals surface area contributed by atoms with Crippen LogP contribution in [-0.2, 0) is 16.0 Å². The Balaban J connectivity index is 1.34. The second kappa shape index (κ2) is 5.83. The fourth-order valence-electron chi connectivity index (χ4n) is 6.43. The number of carbonyl (C=O) groups is 2. The van der Waals surface area contributed by atoms with Gasteiger partial charge < -0.3 is 9.47 Å². The van der Waals surface area contributed by atoms with Gasteiger partial charge in [-0.1, -0.05) is 0 Å². The Kier molecular flexibility index (Phi) is 3.67. The standard InChI is InChI=1S/C22H26O4/c1-25-17-3-5-18-16(9-17)2-4-19(20(18)23)21(24)26-22-10-13-6-14(11-22)8-15(7-13)12-22/h3,5,9,13-15,19H,2,4,6-8,10-12H2,1H3. The summed E-state index contributed by atoms with van der Waals surface area (Å²) < 4.78 is 11.4. The van der Waals surface area contributed by atoms with Gasteiger partial charge in [0.15, 0.2) is 5.78 Å². The average molecular weight is 354 g/mol. The largest absolute Gasteiger partial charge is 0.497 e. The van der Waals surface area contributed by atoms with Gasteiger partial charge in [0, 0.05) is 5.56 Å². The summed E-state index contributed by atoms with van der Waals surface area (Å²) in [5, 5.41) is 0. The lowest BCUT2D eigenvalue weighted by Gasteiger charge is -2.55. The first kappa shape index (κ1) is 16.3. The Hall–Kier alpha value is -1.84. The molecule has 5 aliphatic rings. The molecule has 4 nitrogen and oxygen atoms in total. The lowest BCUT2D eigenvalue weighted by molar-refractivity contribution is -0.189. The summed E-state index contributed by atoms with van der Waals surface area (Å²) in [6.45, 7) is 0. The number of carbonyl (C=O) groups excluding carboxylic acids is 2. The van der Waals surface area contributed by atoms with Gasteiger partial charge >= 0.3 is 5.97 Å². The Labute approximate surface area is 154 Å². The van der Waals surface area contributed by atoms with Crippen LogP contribution in [0, 0.1) is 23.7 Å². The first-order valence-electron chi connectivity index (χ1n) is 9.99. The number of hydrogen-bond donors (Lipinski definition) is 0. The molecule has 5 aliphatic carbocycles. The predicted molar refractivity (Wildman–Crippen MR) is 96.1 cm³/mol. The number of esters is 1. The van der Waals surface area contributed by atoms with Crippen LogP contribution < -0.4 is 4.74 Å². The monoisotopic (exact) mass is 354 g/mol. The van der Waals surface area contributed by atoms with E-state index in [4.69, 9.17) is 9.47 Å². The molecule has 1 aromatic rings. The maximum atomic E-state index is 13.0. The molecule has 0 spiro atoms. The van der Waals surface area contributed by atoms with E-state index in [1.165, 1.54) is 19.3 Å². The quantitative estimate of drug-likeness (QED) is 0.609. The number of fused-ring (bicyclic) bond motifs is 1. The van der Waals surface area contributed by atoms with Crippen molar-refractivity contribution in [2.75, 3.05) is 7.11 Å². The molecule has 138 valence electrons. The van der Waals surface area contributed by atoms with Crippen molar-refractivity contribution in [2.24, 2.45) is 23.7 Å². The van der Waals surface area contributed by atoms with Gasteiger partial charge in [0.2, 0.25) is 0 Å². The zero-order valence-electron chi connectivity index (χ0n) is 15.3. The van der Waals surface area contributed by atoms with Crippen molar-refractivity contribution in [3.05, 3.63) is 29.3 Å². The Morgan fingerprint density at radius 3 is 2.35 bits per heavy atom. The number of aryl methyl sites for hydroxylation is 1. The second-order valence-electron chi connectivity index (χ2n) is 9.00. The molecule has 0 amide bonds. The Morgan fingerprint density at radius 2 is 1.73 bits per heavy atom. The number of ketones is 1. The number of rotatable bonds is 3. The molecule has 4 fully saturated rings. The molecule has 0 radical (unpaired) electrons. The van der Waals surface area contributed by atoms with Crippen molar-refractivity contribution >= 4 is 11.8 Å². The van der Waals surface area contributed by atoms with Crippen LogP contribution in [0.25, 0.3) is 0 Å². The summed E-state index contributed by atoms with van der Waals surface area (Å²) in [4.78, 5) is 25.9. The maximum absolute atomic E-state index is 13.0. The highest BCUT2D eigenvalue weighted by molar-refractivity contribution is 6.10. The first-order valence-corrected chi connectivity index (χ1v) is 9.99. The van der Waals surface area contributed by atoms with E-state index in [1.807, 2.05) is 6.07 Å². The zero-order valence-corrected chi connectivity index (χ0v) is 15.3. The molecule has 0 aliphatic heterocycles. The molecule has 6 rings (SSSR count). The fourth-order valence-corrected chi connectivity index (χ4v) is 6.43. The molecule has 0 heterocycles. The van der Waals surface area contributed by atoms with Crippen molar-refractivity contribution in [3.8, 4) is 5.75 Å². The van der Waals surface area contributed by atoms with E-state index < -0.39 is 5.92 Å². The van der Waals surface area contributed by atoms with Gasteiger partial charge in [-0.05, 0) is 92.9 Å². The zero-order chi connectivity index (χ0) is 17.9. The molecule has 1 unspecified atom stereocenters. The van der Waals surface area contributed by atoms with Crippen molar-refractivity contribution in [1.29, 1.82) is 0 Å². The van der Waals surface area contributed by atoms with Crippen LogP contribution in [0.2, 0.25) is 0 Å². The van der Waals surface area contributed by atoms with Gasteiger partial charge in [-0.2, -0.15) is 0 Å². The van der Waals surface area contributed by atoms with E-state index >= 15 is 0 Å². The van der Waals surface area contributed by atoms with Gasteiger partial charge in [-0.25, -0.2) is 0 Å². The van der Waals surface area contributed by atoms with Crippen molar-refractivity contribution in [2.45, 2.75) is 57.0 Å². The summed E-state index contributed by atoms with van der Waals surface area (Å²) >= 11 is 0. The van der Waals surface area contributed by atoms with Crippen LogP contribution in [0.3, 0.4) is 0 Å². The summed E-state index contributed by atoms with van der Waals surface area (Å²) in [5.74, 6) is 1.94. The third-order valence-electron chi connectivity index (χ3n) is 7.18. The number of benzene rings is 1. The first-order chi connectivity index (χ1) is 12.5. The van der Waals surface area contributed by atoms with Crippen LogP contribution >= 0.6 is 0 Å². The smallest absolute Gasteiger partial charge is 0.317 e. The molecular formula is C22H26O4. The molecule has 4 bridgehead atoms. The van der Waals surface area contributed by atoms with E-state index in [1.54, 1.807) is 19.2 Å². The van der Waals surface area contributed by atoms with Gasteiger partial charge in [-0.15, -0.1) is 0 Å². The molecule has 26 heavy (non-hydrogen) atoms. The maximum Gasteiger partial charge on any atom is 0.317 e. The molecule has 1 aromatic carbocycles.